The Balaban J connectivity index is 1.76. The van der Waals surface area contributed by atoms with E-state index in [9.17, 15) is 5.11 Å². The lowest BCUT2D eigenvalue weighted by Crippen LogP contribution is -2.35. The standard InChI is InChI=1S/C27H31NO3/c1-28-16-15-20-10-13-23(30-2)18-24(20)26-21(11-14-25(31-3)27(26)29)17-22(28)12-9-19-7-5-4-6-8-19/h4-8,10-11,13-14,18,22,29H,9,12,15-17H2,1-3H3/i4D,5D,6D,7D,8D. The van der Waals surface area contributed by atoms with Gasteiger partial charge < -0.3 is 19.5 Å². The summed E-state index contributed by atoms with van der Waals surface area (Å²) in [7, 11) is 5.19. The first-order valence-corrected chi connectivity index (χ1v) is 10.5. The highest BCUT2D eigenvalue weighted by Gasteiger charge is 2.25. The van der Waals surface area contributed by atoms with Crippen molar-refractivity contribution in [2.45, 2.75) is 31.7 Å². The van der Waals surface area contributed by atoms with Crippen LogP contribution in [0, 0.1) is 0 Å². The molecule has 4 heteroatoms. The first kappa shape index (κ1) is 15.8. The van der Waals surface area contributed by atoms with Gasteiger partial charge in [0.1, 0.15) is 5.75 Å². The maximum absolute atomic E-state index is 11.2. The normalized spacial score (nSPS) is 18.7. The second kappa shape index (κ2) is 9.44. The topological polar surface area (TPSA) is 41.9 Å². The molecule has 162 valence electrons. The highest BCUT2D eigenvalue weighted by atomic mass is 16.5. The third-order valence-electron chi connectivity index (χ3n) is 6.13. The first-order valence-electron chi connectivity index (χ1n) is 13.0. The monoisotopic (exact) mass is 422 g/mol. The molecule has 3 aromatic carbocycles. The van der Waals surface area contributed by atoms with Crippen LogP contribution < -0.4 is 9.47 Å². The summed E-state index contributed by atoms with van der Waals surface area (Å²) in [6.45, 7) is 0.760. The molecule has 0 aromatic heterocycles. The molecular formula is C27H31NO3. The van der Waals surface area contributed by atoms with Crippen LogP contribution in [0.15, 0.2) is 60.5 Å². The van der Waals surface area contributed by atoms with Crippen LogP contribution in [0.1, 0.15) is 30.0 Å². The Labute approximate surface area is 192 Å². The average molecular weight is 423 g/mol. The predicted molar refractivity (Wildman–Crippen MR) is 125 cm³/mol. The second-order valence-electron chi connectivity index (χ2n) is 7.90. The summed E-state index contributed by atoms with van der Waals surface area (Å²) >= 11 is 0. The predicted octanol–water partition coefficient (Wildman–Crippen LogP) is 5.11. The number of rotatable bonds is 5. The summed E-state index contributed by atoms with van der Waals surface area (Å²) in [6, 6.07) is 8.36. The molecule has 0 spiro atoms. The number of phenols is 1. The van der Waals surface area contributed by atoms with Gasteiger partial charge in [0.2, 0.25) is 0 Å². The third-order valence-corrected chi connectivity index (χ3v) is 6.13. The Morgan fingerprint density at radius 2 is 1.84 bits per heavy atom. The van der Waals surface area contributed by atoms with Gasteiger partial charge in [-0.3, -0.25) is 0 Å². The molecule has 1 N–H and O–H groups in total. The van der Waals surface area contributed by atoms with Crippen molar-refractivity contribution in [3.8, 4) is 28.4 Å². The lowest BCUT2D eigenvalue weighted by Gasteiger charge is -2.28. The first-order chi connectivity index (χ1) is 17.2. The Kier molecular flexibility index (Phi) is 4.80. The minimum Gasteiger partial charge on any atom is -0.504 e. The second-order valence-corrected chi connectivity index (χ2v) is 7.90. The Morgan fingerprint density at radius 3 is 2.58 bits per heavy atom. The fourth-order valence-corrected chi connectivity index (χ4v) is 4.31. The van der Waals surface area contributed by atoms with Crippen molar-refractivity contribution in [1.29, 1.82) is 0 Å². The molecule has 1 atom stereocenters. The van der Waals surface area contributed by atoms with Gasteiger partial charge in [0.05, 0.1) is 21.1 Å². The minimum absolute atomic E-state index is 0.0191. The lowest BCUT2D eigenvalue weighted by molar-refractivity contribution is 0.232. The number of ether oxygens (including phenoxy) is 2. The molecule has 0 bridgehead atoms. The van der Waals surface area contributed by atoms with Crippen molar-refractivity contribution in [3.05, 3.63) is 77.2 Å². The van der Waals surface area contributed by atoms with Crippen molar-refractivity contribution < 1.29 is 21.4 Å². The zero-order valence-corrected chi connectivity index (χ0v) is 18.2. The summed E-state index contributed by atoms with van der Waals surface area (Å²) in [5.74, 6) is 1.18. The number of phenolic OH excluding ortho intramolecular Hbond substituents is 1. The van der Waals surface area contributed by atoms with E-state index in [1.54, 1.807) is 13.2 Å². The van der Waals surface area contributed by atoms with Crippen LogP contribution in [0.2, 0.25) is 0 Å². The van der Waals surface area contributed by atoms with Gasteiger partial charge in [-0.2, -0.15) is 0 Å². The van der Waals surface area contributed by atoms with Gasteiger partial charge in [0.15, 0.2) is 11.5 Å². The molecule has 0 amide bonds. The fraction of sp³-hybridized carbons (Fsp3) is 0.333. The van der Waals surface area contributed by atoms with E-state index in [2.05, 4.69) is 4.90 Å². The van der Waals surface area contributed by atoms with Gasteiger partial charge in [0, 0.05) is 18.2 Å². The molecule has 1 unspecified atom stereocenters. The van der Waals surface area contributed by atoms with Gasteiger partial charge in [-0.05, 0) is 73.2 Å². The van der Waals surface area contributed by atoms with Gasteiger partial charge in [0.25, 0.3) is 0 Å². The molecule has 4 rings (SSSR count). The molecular weight excluding hydrogens is 386 g/mol. The number of fused-ring (bicyclic) bond motifs is 3. The van der Waals surface area contributed by atoms with E-state index in [-0.39, 0.29) is 42.0 Å². The highest BCUT2D eigenvalue weighted by Crippen LogP contribution is 2.43. The van der Waals surface area contributed by atoms with E-state index < -0.39 is 0 Å². The van der Waals surface area contributed by atoms with Crippen molar-refractivity contribution in [1.82, 2.24) is 4.90 Å². The quantitative estimate of drug-likeness (QED) is 0.621. The Bertz CT molecular complexity index is 1270. The van der Waals surface area contributed by atoms with Crippen LogP contribution in [-0.4, -0.2) is 43.9 Å². The third kappa shape index (κ3) is 4.54. The minimum atomic E-state index is -0.375. The van der Waals surface area contributed by atoms with Gasteiger partial charge >= 0.3 is 0 Å². The molecule has 3 aromatic rings. The van der Waals surface area contributed by atoms with Gasteiger partial charge in [-0.1, -0.05) is 42.3 Å². The molecule has 1 aliphatic rings. The highest BCUT2D eigenvalue weighted by molar-refractivity contribution is 5.80. The largest absolute Gasteiger partial charge is 0.504 e. The zero-order chi connectivity index (χ0) is 26.1. The Hall–Kier alpha value is -2.98. The molecule has 31 heavy (non-hydrogen) atoms. The molecule has 0 saturated heterocycles. The van der Waals surface area contributed by atoms with E-state index in [0.717, 1.165) is 29.7 Å². The van der Waals surface area contributed by atoms with Crippen LogP contribution in [0.4, 0.5) is 0 Å². The van der Waals surface area contributed by atoms with Crippen molar-refractivity contribution in [2.24, 2.45) is 0 Å². The van der Waals surface area contributed by atoms with Crippen LogP contribution in [0.5, 0.6) is 17.2 Å². The summed E-state index contributed by atoms with van der Waals surface area (Å²) in [5.41, 5.74) is 3.98. The summed E-state index contributed by atoms with van der Waals surface area (Å²) in [6.07, 6.45) is 2.30. The molecule has 0 radical (unpaired) electrons. The van der Waals surface area contributed by atoms with E-state index in [1.165, 1.54) is 7.11 Å². The van der Waals surface area contributed by atoms with E-state index in [4.69, 9.17) is 16.3 Å². The van der Waals surface area contributed by atoms with Gasteiger partial charge in [-0.25, -0.2) is 0 Å². The SMILES string of the molecule is [2H]c1c([2H])c([2H])c(CCC2Cc3ccc(OC)c(O)c3-c3cc(OC)ccc3CCN2C)c([2H])c1[2H]. The average Bonchev–Trinajstić information content (AvgIpc) is 2.93. The van der Waals surface area contributed by atoms with Crippen molar-refractivity contribution in [2.75, 3.05) is 27.8 Å². The van der Waals surface area contributed by atoms with E-state index >= 15 is 0 Å². The van der Waals surface area contributed by atoms with E-state index in [1.807, 2.05) is 31.3 Å². The Morgan fingerprint density at radius 1 is 1.06 bits per heavy atom. The van der Waals surface area contributed by atoms with Crippen molar-refractivity contribution in [3.63, 3.8) is 0 Å². The number of hydrogen-bond donors (Lipinski definition) is 1. The summed E-state index contributed by atoms with van der Waals surface area (Å²) in [4.78, 5) is 2.25. The van der Waals surface area contributed by atoms with Crippen LogP contribution in [0.3, 0.4) is 0 Å². The zero-order valence-electron chi connectivity index (χ0n) is 23.2. The van der Waals surface area contributed by atoms with Crippen LogP contribution in [-0.2, 0) is 19.3 Å². The number of aromatic hydroxyl groups is 1. The van der Waals surface area contributed by atoms with Crippen molar-refractivity contribution >= 4 is 0 Å². The maximum Gasteiger partial charge on any atom is 0.165 e. The van der Waals surface area contributed by atoms with E-state index in [0.29, 0.717) is 41.9 Å². The summed E-state index contributed by atoms with van der Waals surface area (Å²) < 4.78 is 51.3. The maximum atomic E-state index is 11.2. The fourth-order valence-electron chi connectivity index (χ4n) is 4.31. The number of methoxy groups -OCH3 is 2. The summed E-state index contributed by atoms with van der Waals surface area (Å²) in [5, 5.41) is 11.2. The number of likely N-dealkylation sites (N-methyl/N-ethyl adjacent to an activating group) is 1. The molecule has 4 nitrogen and oxygen atoms in total. The molecule has 0 aliphatic carbocycles. The molecule has 0 fully saturated rings. The number of nitrogens with zero attached hydrogens (tertiary/aromatic N) is 1. The van der Waals surface area contributed by atoms with Crippen LogP contribution >= 0.6 is 0 Å². The van der Waals surface area contributed by atoms with Crippen LogP contribution in [0.25, 0.3) is 11.1 Å². The smallest absolute Gasteiger partial charge is 0.165 e. The molecule has 1 aliphatic heterocycles. The lowest BCUT2D eigenvalue weighted by atomic mass is 9.89. The van der Waals surface area contributed by atoms with Gasteiger partial charge in [-0.15, -0.1) is 0 Å². The molecule has 0 saturated carbocycles. The molecule has 1 heterocycles. The number of hydrogen-bond acceptors (Lipinski definition) is 4. The number of benzene rings is 3.